The summed E-state index contributed by atoms with van der Waals surface area (Å²) >= 11 is 3.77. The zero-order chi connectivity index (χ0) is 21.3. The van der Waals surface area contributed by atoms with Gasteiger partial charge in [-0.05, 0) is 66.6 Å². The van der Waals surface area contributed by atoms with Crippen LogP contribution in [0.25, 0.3) is 11.4 Å². The second kappa shape index (κ2) is 8.77. The van der Waals surface area contributed by atoms with E-state index in [0.29, 0.717) is 15.9 Å². The predicted molar refractivity (Wildman–Crippen MR) is 129 cm³/mol. The number of H-pyrrole nitrogens is 1. The van der Waals surface area contributed by atoms with Gasteiger partial charge in [-0.15, -0.1) is 0 Å². The lowest BCUT2D eigenvalue weighted by Crippen LogP contribution is -2.17. The number of nitrogens with one attached hydrogen (secondary N) is 1. The molecule has 0 saturated carbocycles. The van der Waals surface area contributed by atoms with E-state index in [1.54, 1.807) is 18.1 Å². The molecule has 0 radical (unpaired) electrons. The summed E-state index contributed by atoms with van der Waals surface area (Å²) in [4.78, 5) is 22.0. The zero-order valence-electron chi connectivity index (χ0n) is 16.9. The predicted octanol–water partition coefficient (Wildman–Crippen LogP) is 5.36. The molecule has 0 fully saturated rings. The molecule has 0 unspecified atom stereocenters. The molecule has 0 atom stereocenters. The van der Waals surface area contributed by atoms with Crippen molar-refractivity contribution < 1.29 is 0 Å². The second-order valence-corrected chi connectivity index (χ2v) is 9.42. The Morgan fingerprint density at radius 1 is 1.07 bits per heavy atom. The van der Waals surface area contributed by atoms with Crippen molar-refractivity contribution in [3.63, 3.8) is 0 Å². The van der Waals surface area contributed by atoms with Crippen LogP contribution in [0.15, 0.2) is 69.4 Å². The van der Waals surface area contributed by atoms with Crippen LogP contribution >= 0.6 is 34.4 Å². The number of aromatic amines is 1. The standard InChI is InChI=1S/C23H21IN4OS/c1-14-9-15(2)11-18(10-14)30-21-19(16(3)26-23(29)20(21)24)12-28-13-25-22(27-28)17-7-5-4-6-8-17/h4-11,13H,12H2,1-3H3,(H,26,29). The van der Waals surface area contributed by atoms with Gasteiger partial charge in [0.15, 0.2) is 5.82 Å². The van der Waals surface area contributed by atoms with Crippen LogP contribution in [-0.2, 0) is 6.54 Å². The fourth-order valence-electron chi connectivity index (χ4n) is 3.37. The minimum atomic E-state index is -0.0627. The summed E-state index contributed by atoms with van der Waals surface area (Å²) < 4.78 is 2.52. The Morgan fingerprint density at radius 2 is 1.77 bits per heavy atom. The normalized spacial score (nSPS) is 11.1. The van der Waals surface area contributed by atoms with E-state index in [1.165, 1.54) is 11.1 Å². The van der Waals surface area contributed by atoms with Crippen LogP contribution in [0.4, 0.5) is 0 Å². The first-order valence-corrected chi connectivity index (χ1v) is 11.4. The molecule has 0 spiro atoms. The molecule has 0 amide bonds. The van der Waals surface area contributed by atoms with Crippen LogP contribution in [0.3, 0.4) is 0 Å². The maximum atomic E-state index is 12.5. The van der Waals surface area contributed by atoms with Gasteiger partial charge in [0.2, 0.25) is 0 Å². The fraction of sp³-hybridized carbons (Fsp3) is 0.174. The molecule has 4 aromatic rings. The molecule has 0 aliphatic heterocycles. The van der Waals surface area contributed by atoms with Crippen molar-refractivity contribution in [3.8, 4) is 11.4 Å². The number of pyridine rings is 1. The van der Waals surface area contributed by atoms with E-state index in [-0.39, 0.29) is 5.56 Å². The van der Waals surface area contributed by atoms with Crippen molar-refractivity contribution in [2.45, 2.75) is 37.1 Å². The largest absolute Gasteiger partial charge is 0.325 e. The summed E-state index contributed by atoms with van der Waals surface area (Å²) in [7, 11) is 0. The first kappa shape index (κ1) is 20.9. The Balaban J connectivity index is 1.72. The molecule has 5 nitrogen and oxygen atoms in total. The van der Waals surface area contributed by atoms with Crippen molar-refractivity contribution in [1.82, 2.24) is 19.7 Å². The molecular weight excluding hydrogens is 507 g/mol. The van der Waals surface area contributed by atoms with Crippen LogP contribution in [0, 0.1) is 24.3 Å². The van der Waals surface area contributed by atoms with Crippen LogP contribution in [0.1, 0.15) is 22.4 Å². The third-order valence-electron chi connectivity index (χ3n) is 4.73. The fourth-order valence-corrected chi connectivity index (χ4v) is 5.40. The Morgan fingerprint density at radius 3 is 2.47 bits per heavy atom. The highest BCUT2D eigenvalue weighted by atomic mass is 127. The highest BCUT2D eigenvalue weighted by molar-refractivity contribution is 14.1. The lowest BCUT2D eigenvalue weighted by Gasteiger charge is -2.14. The Bertz CT molecular complexity index is 1240. The minimum Gasteiger partial charge on any atom is -0.325 e. The van der Waals surface area contributed by atoms with Gasteiger partial charge in [-0.25, -0.2) is 9.67 Å². The van der Waals surface area contributed by atoms with Crippen molar-refractivity contribution in [1.29, 1.82) is 0 Å². The van der Waals surface area contributed by atoms with Crippen molar-refractivity contribution >= 4 is 34.4 Å². The molecular formula is C23H21IN4OS. The van der Waals surface area contributed by atoms with E-state index >= 15 is 0 Å². The molecule has 0 aliphatic carbocycles. The maximum Gasteiger partial charge on any atom is 0.262 e. The Kier molecular flexibility index (Phi) is 6.10. The van der Waals surface area contributed by atoms with Gasteiger partial charge < -0.3 is 4.98 Å². The quantitative estimate of drug-likeness (QED) is 0.354. The molecule has 30 heavy (non-hydrogen) atoms. The van der Waals surface area contributed by atoms with Crippen molar-refractivity contribution in [3.05, 3.63) is 91.2 Å². The molecule has 2 aromatic heterocycles. The number of aryl methyl sites for hydroxylation is 3. The summed E-state index contributed by atoms with van der Waals surface area (Å²) in [5.41, 5.74) is 5.23. The molecule has 0 bridgehead atoms. The highest BCUT2D eigenvalue weighted by Crippen LogP contribution is 2.35. The number of nitrogens with zero attached hydrogens (tertiary/aromatic N) is 3. The molecule has 4 rings (SSSR count). The topological polar surface area (TPSA) is 63.6 Å². The van der Waals surface area contributed by atoms with Crippen LogP contribution in [-0.4, -0.2) is 19.7 Å². The van der Waals surface area contributed by atoms with E-state index in [4.69, 9.17) is 0 Å². The Labute approximate surface area is 193 Å². The van der Waals surface area contributed by atoms with Gasteiger partial charge in [0.05, 0.1) is 10.1 Å². The average Bonchev–Trinajstić information content (AvgIpc) is 3.17. The van der Waals surface area contributed by atoms with Crippen LogP contribution < -0.4 is 5.56 Å². The summed E-state index contributed by atoms with van der Waals surface area (Å²) in [6.07, 6.45) is 1.74. The summed E-state index contributed by atoms with van der Waals surface area (Å²) in [5, 5.41) is 4.65. The monoisotopic (exact) mass is 528 g/mol. The molecule has 0 saturated heterocycles. The van der Waals surface area contributed by atoms with E-state index < -0.39 is 0 Å². The Hall–Kier alpha value is -2.39. The average molecular weight is 528 g/mol. The third-order valence-corrected chi connectivity index (χ3v) is 7.25. The van der Waals surface area contributed by atoms with Gasteiger partial charge >= 0.3 is 0 Å². The first-order valence-electron chi connectivity index (χ1n) is 9.53. The van der Waals surface area contributed by atoms with Crippen molar-refractivity contribution in [2.24, 2.45) is 0 Å². The van der Waals surface area contributed by atoms with Gasteiger partial charge in [-0.3, -0.25) is 4.79 Å². The van der Waals surface area contributed by atoms with Crippen LogP contribution in [0.2, 0.25) is 0 Å². The minimum absolute atomic E-state index is 0.0627. The smallest absolute Gasteiger partial charge is 0.262 e. The van der Waals surface area contributed by atoms with E-state index in [1.807, 2.05) is 41.9 Å². The summed E-state index contributed by atoms with van der Waals surface area (Å²) in [6, 6.07) is 16.4. The highest BCUT2D eigenvalue weighted by Gasteiger charge is 2.17. The van der Waals surface area contributed by atoms with Gasteiger partial charge in [-0.2, -0.15) is 5.10 Å². The SMILES string of the molecule is Cc1cc(C)cc(Sc2c(Cn3cnc(-c4ccccc4)n3)c(C)[nH]c(=O)c2I)c1. The van der Waals surface area contributed by atoms with E-state index in [0.717, 1.165) is 26.6 Å². The molecule has 2 aromatic carbocycles. The first-order chi connectivity index (χ1) is 14.4. The summed E-state index contributed by atoms with van der Waals surface area (Å²) in [5.74, 6) is 0.691. The zero-order valence-corrected chi connectivity index (χ0v) is 19.9. The molecule has 2 heterocycles. The number of hydrogen-bond donors (Lipinski definition) is 1. The van der Waals surface area contributed by atoms with E-state index in [2.05, 4.69) is 69.7 Å². The lowest BCUT2D eigenvalue weighted by molar-refractivity contribution is 0.669. The number of halogens is 1. The number of aromatic nitrogens is 4. The molecule has 1 N–H and O–H groups in total. The van der Waals surface area contributed by atoms with Gasteiger partial charge in [0, 0.05) is 26.6 Å². The van der Waals surface area contributed by atoms with Gasteiger partial charge in [0.1, 0.15) is 6.33 Å². The maximum absolute atomic E-state index is 12.5. The van der Waals surface area contributed by atoms with Crippen LogP contribution in [0.5, 0.6) is 0 Å². The summed E-state index contributed by atoms with van der Waals surface area (Å²) in [6.45, 7) is 6.65. The number of rotatable bonds is 5. The second-order valence-electron chi connectivity index (χ2n) is 7.26. The van der Waals surface area contributed by atoms with E-state index in [9.17, 15) is 4.79 Å². The number of hydrogen-bond acceptors (Lipinski definition) is 4. The lowest BCUT2D eigenvalue weighted by atomic mass is 10.2. The number of benzene rings is 2. The molecule has 7 heteroatoms. The van der Waals surface area contributed by atoms with Gasteiger partial charge in [-0.1, -0.05) is 48.2 Å². The molecule has 152 valence electrons. The van der Waals surface area contributed by atoms with Crippen molar-refractivity contribution in [2.75, 3.05) is 0 Å². The van der Waals surface area contributed by atoms with Gasteiger partial charge in [0.25, 0.3) is 5.56 Å². The molecule has 0 aliphatic rings. The third kappa shape index (κ3) is 4.52.